The van der Waals surface area contributed by atoms with Crippen molar-refractivity contribution in [3.05, 3.63) is 99.1 Å². The van der Waals surface area contributed by atoms with E-state index < -0.39 is 23.2 Å². The van der Waals surface area contributed by atoms with E-state index in [1.807, 2.05) is 12.1 Å². The van der Waals surface area contributed by atoms with Crippen molar-refractivity contribution in [2.24, 2.45) is 17.8 Å². The van der Waals surface area contributed by atoms with Gasteiger partial charge in [-0.2, -0.15) is 0 Å². The molecule has 0 amide bonds. The number of aromatic carboxylic acids is 1. The highest BCUT2D eigenvalue weighted by atomic mass is 16.7. The lowest BCUT2D eigenvalue weighted by Gasteiger charge is -2.57. The van der Waals surface area contributed by atoms with Crippen molar-refractivity contribution in [1.82, 2.24) is 0 Å². The number of carbonyl (C=O) groups excluding carboxylic acids is 1. The van der Waals surface area contributed by atoms with E-state index >= 15 is 0 Å². The number of hydrogen-bond acceptors (Lipinski definition) is 8. The molecule has 1 aliphatic heterocycles. The largest absolute Gasteiger partial charge is 0.508 e. The SMILES string of the molecule is CC(OC(=O)OCCCc1ccc(-c2ccc3cc(C(=O)O)ccc3c2)cc1C12CC3CC(CC(C3)C1)C2)c1cc2c(cc1[N+](=O)[O-])OCO2. The van der Waals surface area contributed by atoms with Gasteiger partial charge in [-0.05, 0) is 139 Å². The number of carbonyl (C=O) groups is 2. The van der Waals surface area contributed by atoms with E-state index in [4.69, 9.17) is 18.9 Å². The van der Waals surface area contributed by atoms with Crippen LogP contribution in [0.1, 0.15) is 85.0 Å². The lowest BCUT2D eigenvalue weighted by molar-refractivity contribution is -0.386. The average molecular weight is 678 g/mol. The summed E-state index contributed by atoms with van der Waals surface area (Å²) >= 11 is 0. The molecule has 4 aliphatic carbocycles. The minimum absolute atomic E-state index is 0.0269. The van der Waals surface area contributed by atoms with E-state index in [1.165, 1.54) is 61.8 Å². The first-order chi connectivity index (χ1) is 24.1. The van der Waals surface area contributed by atoms with Crippen LogP contribution in [0.3, 0.4) is 0 Å². The van der Waals surface area contributed by atoms with Crippen molar-refractivity contribution in [3.63, 3.8) is 0 Å². The summed E-state index contributed by atoms with van der Waals surface area (Å²) in [5, 5.41) is 23.0. The highest BCUT2D eigenvalue weighted by Crippen LogP contribution is 2.61. The Morgan fingerprint density at radius 1 is 0.900 bits per heavy atom. The molecule has 4 bridgehead atoms. The van der Waals surface area contributed by atoms with Crippen LogP contribution in [0.15, 0.2) is 66.7 Å². The fraction of sp³-hybridized carbons (Fsp3) is 0.400. The van der Waals surface area contributed by atoms with Gasteiger partial charge in [0.1, 0.15) is 6.10 Å². The summed E-state index contributed by atoms with van der Waals surface area (Å²) in [7, 11) is 0. The maximum atomic E-state index is 12.7. The molecule has 1 heterocycles. The van der Waals surface area contributed by atoms with Gasteiger partial charge < -0.3 is 24.1 Å². The number of benzene rings is 4. The van der Waals surface area contributed by atoms with Crippen LogP contribution in [0.2, 0.25) is 0 Å². The normalized spacial score (nSPS) is 23.5. The molecule has 10 nitrogen and oxygen atoms in total. The molecule has 0 aromatic heterocycles. The van der Waals surface area contributed by atoms with Gasteiger partial charge in [-0.15, -0.1) is 0 Å². The van der Waals surface area contributed by atoms with Crippen molar-refractivity contribution in [2.75, 3.05) is 13.4 Å². The van der Waals surface area contributed by atoms with Gasteiger partial charge in [-0.25, -0.2) is 9.59 Å². The van der Waals surface area contributed by atoms with E-state index in [2.05, 4.69) is 30.3 Å². The van der Waals surface area contributed by atoms with Gasteiger partial charge in [0.15, 0.2) is 11.5 Å². The minimum atomic E-state index is -0.934. The molecule has 50 heavy (non-hydrogen) atoms. The smallest absolute Gasteiger partial charge is 0.478 e. The molecular formula is C40H39NO9. The van der Waals surface area contributed by atoms with Gasteiger partial charge in [0.05, 0.1) is 28.7 Å². The fourth-order valence-electron chi connectivity index (χ4n) is 9.56. The molecule has 4 aromatic rings. The van der Waals surface area contributed by atoms with E-state index in [0.717, 1.165) is 46.1 Å². The van der Waals surface area contributed by atoms with Crippen LogP contribution in [0.4, 0.5) is 10.5 Å². The number of nitro groups is 1. The Morgan fingerprint density at radius 3 is 2.24 bits per heavy atom. The van der Waals surface area contributed by atoms with E-state index in [0.29, 0.717) is 12.2 Å². The highest BCUT2D eigenvalue weighted by molar-refractivity contribution is 5.95. The van der Waals surface area contributed by atoms with Gasteiger partial charge in [-0.3, -0.25) is 10.1 Å². The Labute approximate surface area is 289 Å². The topological polar surface area (TPSA) is 134 Å². The second-order valence-electron chi connectivity index (χ2n) is 14.6. The number of carboxylic acid groups (broad SMARTS) is 1. The molecule has 1 unspecified atom stereocenters. The number of fused-ring (bicyclic) bond motifs is 2. The Balaban J connectivity index is 0.990. The predicted molar refractivity (Wildman–Crippen MR) is 185 cm³/mol. The summed E-state index contributed by atoms with van der Waals surface area (Å²) in [6.45, 7) is 1.69. The molecule has 5 aliphatic rings. The third-order valence-corrected chi connectivity index (χ3v) is 11.4. The van der Waals surface area contributed by atoms with E-state index in [-0.39, 0.29) is 41.4 Å². The van der Waals surface area contributed by atoms with Gasteiger partial charge in [0.25, 0.3) is 5.69 Å². The second-order valence-corrected chi connectivity index (χ2v) is 14.6. The zero-order valence-electron chi connectivity index (χ0n) is 27.9. The summed E-state index contributed by atoms with van der Waals surface area (Å²) < 4.78 is 21.5. The van der Waals surface area contributed by atoms with Crippen molar-refractivity contribution >= 4 is 28.6 Å². The van der Waals surface area contributed by atoms with Crippen LogP contribution < -0.4 is 9.47 Å². The maximum Gasteiger partial charge on any atom is 0.508 e. The molecule has 4 saturated carbocycles. The molecule has 0 radical (unpaired) electrons. The zero-order chi connectivity index (χ0) is 34.6. The number of ether oxygens (including phenoxy) is 4. The Morgan fingerprint density at radius 2 is 1.54 bits per heavy atom. The van der Waals surface area contributed by atoms with Crippen LogP contribution >= 0.6 is 0 Å². The van der Waals surface area contributed by atoms with Crippen molar-refractivity contribution in [3.8, 4) is 22.6 Å². The average Bonchev–Trinajstić information content (AvgIpc) is 3.56. The molecule has 1 atom stereocenters. The number of aryl methyl sites for hydroxylation is 1. The summed E-state index contributed by atoms with van der Waals surface area (Å²) in [6.07, 6.45) is 7.24. The monoisotopic (exact) mass is 677 g/mol. The van der Waals surface area contributed by atoms with Crippen LogP contribution in [0, 0.1) is 27.9 Å². The molecule has 4 aromatic carbocycles. The van der Waals surface area contributed by atoms with Gasteiger partial charge >= 0.3 is 12.1 Å². The molecule has 9 rings (SSSR count). The van der Waals surface area contributed by atoms with Crippen molar-refractivity contribution in [2.45, 2.75) is 69.8 Å². The summed E-state index contributed by atoms with van der Waals surface area (Å²) in [4.78, 5) is 35.3. The summed E-state index contributed by atoms with van der Waals surface area (Å²) in [6, 6.07) is 21.0. The van der Waals surface area contributed by atoms with Crippen LogP contribution in [0.25, 0.3) is 21.9 Å². The highest BCUT2D eigenvalue weighted by Gasteiger charge is 2.52. The summed E-state index contributed by atoms with van der Waals surface area (Å²) in [5.74, 6) is 2.05. The number of carboxylic acids is 1. The van der Waals surface area contributed by atoms with Crippen LogP contribution in [0.5, 0.6) is 11.5 Å². The van der Waals surface area contributed by atoms with Gasteiger partial charge in [-0.1, -0.05) is 36.4 Å². The Kier molecular flexibility index (Phi) is 8.12. The maximum absolute atomic E-state index is 12.7. The third-order valence-electron chi connectivity index (χ3n) is 11.4. The summed E-state index contributed by atoms with van der Waals surface area (Å²) in [5.41, 5.74) is 5.36. The molecule has 1 N–H and O–H groups in total. The van der Waals surface area contributed by atoms with E-state index in [1.54, 1.807) is 19.1 Å². The molecule has 0 spiro atoms. The van der Waals surface area contributed by atoms with Crippen LogP contribution in [-0.4, -0.2) is 35.6 Å². The zero-order valence-corrected chi connectivity index (χ0v) is 27.9. The van der Waals surface area contributed by atoms with Gasteiger partial charge in [0, 0.05) is 0 Å². The molecular weight excluding hydrogens is 638 g/mol. The fourth-order valence-corrected chi connectivity index (χ4v) is 9.56. The van der Waals surface area contributed by atoms with Crippen LogP contribution in [-0.2, 0) is 21.3 Å². The Hall–Kier alpha value is -5.12. The lowest BCUT2D eigenvalue weighted by Crippen LogP contribution is -2.49. The molecule has 0 saturated heterocycles. The number of hydrogen-bond donors (Lipinski definition) is 1. The predicted octanol–water partition coefficient (Wildman–Crippen LogP) is 9.16. The molecule has 258 valence electrons. The molecule has 10 heteroatoms. The molecule has 4 fully saturated rings. The quantitative estimate of drug-likeness (QED) is 0.0754. The first-order valence-corrected chi connectivity index (χ1v) is 17.5. The van der Waals surface area contributed by atoms with E-state index in [9.17, 15) is 24.8 Å². The number of nitrogens with zero attached hydrogens (tertiary/aromatic N) is 1. The first kappa shape index (κ1) is 32.1. The first-order valence-electron chi connectivity index (χ1n) is 17.5. The van der Waals surface area contributed by atoms with Crippen molar-refractivity contribution in [1.29, 1.82) is 0 Å². The van der Waals surface area contributed by atoms with Crippen molar-refractivity contribution < 1.29 is 38.6 Å². The lowest BCUT2D eigenvalue weighted by atomic mass is 9.47. The second kappa shape index (κ2) is 12.6. The van der Waals surface area contributed by atoms with Gasteiger partial charge in [0.2, 0.25) is 6.79 Å². The third kappa shape index (κ3) is 6.01. The standard InChI is InChI=1S/C40H39NO9/c1-23(33-17-36-37(49-22-48-36)18-35(33)41(45)46)50-39(44)47-10-2-3-27-4-5-31(29-6-7-30-15-32(38(42)43)9-8-28(30)14-29)16-34(27)40-19-24-11-25(20-40)13-26(12-24)21-40/h4-9,14-18,23-26H,2-3,10-13,19-22H2,1H3,(H,42,43). The minimum Gasteiger partial charge on any atom is -0.478 e. The number of rotatable bonds is 10. The number of nitro benzene ring substituents is 1. The Bertz CT molecular complexity index is 1980.